The van der Waals surface area contributed by atoms with Crippen molar-refractivity contribution in [2.75, 3.05) is 0 Å². The second-order valence-corrected chi connectivity index (χ2v) is 2.35. The molecule has 0 bridgehead atoms. The van der Waals surface area contributed by atoms with E-state index in [9.17, 15) is 9.59 Å². The van der Waals surface area contributed by atoms with Gasteiger partial charge in [0.05, 0.1) is 0 Å². The lowest BCUT2D eigenvalue weighted by Gasteiger charge is -2.12. The molecular weight excluding hydrogens is 164 g/mol. The van der Waals surface area contributed by atoms with Crippen molar-refractivity contribution in [2.24, 2.45) is 0 Å². The van der Waals surface area contributed by atoms with E-state index in [1.807, 2.05) is 0 Å². The number of rotatable bonds is 4. The van der Waals surface area contributed by atoms with Crippen LogP contribution in [0.25, 0.3) is 0 Å². The van der Waals surface area contributed by atoms with Crippen LogP contribution in [-0.4, -0.2) is 34.4 Å². The molecule has 70 valence electrons. The Balaban J connectivity index is 4.03. The van der Waals surface area contributed by atoms with Crippen molar-refractivity contribution in [1.82, 2.24) is 0 Å². The first kappa shape index (κ1) is 10.9. The van der Waals surface area contributed by atoms with Gasteiger partial charge in [0.15, 0.2) is 6.10 Å². The summed E-state index contributed by atoms with van der Waals surface area (Å²) in [5, 5.41) is 17.1. The number of ether oxygens (including phenoxy) is 1. The van der Waals surface area contributed by atoms with Crippen molar-refractivity contribution >= 4 is 11.9 Å². The summed E-state index contributed by atoms with van der Waals surface area (Å²) in [5.41, 5.74) is 0. The summed E-state index contributed by atoms with van der Waals surface area (Å²) in [6, 6.07) is 0. The van der Waals surface area contributed by atoms with Crippen LogP contribution in [0.3, 0.4) is 0 Å². The van der Waals surface area contributed by atoms with Crippen LogP contribution in [0, 0.1) is 0 Å². The molecule has 0 aliphatic rings. The molecule has 0 saturated heterocycles. The molecule has 0 aliphatic heterocycles. The number of aliphatic carboxylic acids is 1. The van der Waals surface area contributed by atoms with Gasteiger partial charge in [-0.3, -0.25) is 0 Å². The van der Waals surface area contributed by atoms with Gasteiger partial charge in [0.25, 0.3) is 0 Å². The Morgan fingerprint density at radius 1 is 1.50 bits per heavy atom. The van der Waals surface area contributed by atoms with E-state index in [0.29, 0.717) is 0 Å². The molecule has 5 heteroatoms. The number of esters is 1. The Hall–Kier alpha value is -1.10. The molecule has 0 radical (unpaired) electrons. The fourth-order valence-corrected chi connectivity index (χ4v) is 0.547. The van der Waals surface area contributed by atoms with Crippen molar-refractivity contribution in [1.29, 1.82) is 0 Å². The summed E-state index contributed by atoms with van der Waals surface area (Å²) >= 11 is 0. The maximum absolute atomic E-state index is 10.7. The van der Waals surface area contributed by atoms with Gasteiger partial charge in [-0.1, -0.05) is 6.92 Å². The predicted octanol–water partition coefficient (Wildman–Crippen LogP) is -0.226. The highest BCUT2D eigenvalue weighted by atomic mass is 16.6. The summed E-state index contributed by atoms with van der Waals surface area (Å²) in [5.74, 6) is -2.12. The monoisotopic (exact) mass is 176 g/mol. The minimum atomic E-state index is -1.28. The standard InChI is InChI=1S/C7H12O5/c1-3-5(6(9)10)12-7(11)4(2)8/h4-5,8H,3H2,1-2H3,(H,9,10). The fourth-order valence-electron chi connectivity index (χ4n) is 0.547. The van der Waals surface area contributed by atoms with E-state index in [-0.39, 0.29) is 6.42 Å². The first-order valence-electron chi connectivity index (χ1n) is 3.60. The highest BCUT2D eigenvalue weighted by molar-refractivity contribution is 5.79. The van der Waals surface area contributed by atoms with E-state index in [2.05, 4.69) is 4.74 Å². The van der Waals surface area contributed by atoms with Gasteiger partial charge >= 0.3 is 11.9 Å². The number of hydrogen-bond acceptors (Lipinski definition) is 4. The third kappa shape index (κ3) is 3.34. The largest absolute Gasteiger partial charge is 0.479 e. The Morgan fingerprint density at radius 3 is 2.25 bits per heavy atom. The average Bonchev–Trinajstić information content (AvgIpc) is 1.98. The smallest absolute Gasteiger partial charge is 0.345 e. The minimum absolute atomic E-state index is 0.188. The quantitative estimate of drug-likeness (QED) is 0.578. The third-order valence-corrected chi connectivity index (χ3v) is 1.25. The lowest BCUT2D eigenvalue weighted by molar-refractivity contribution is -0.169. The van der Waals surface area contributed by atoms with Crippen LogP contribution in [0.2, 0.25) is 0 Å². The normalized spacial score (nSPS) is 14.9. The Labute approximate surface area is 70.0 Å². The van der Waals surface area contributed by atoms with Gasteiger partial charge in [-0.2, -0.15) is 0 Å². The lowest BCUT2D eigenvalue weighted by Crippen LogP contribution is -2.30. The topological polar surface area (TPSA) is 83.8 Å². The Morgan fingerprint density at radius 2 is 2.00 bits per heavy atom. The van der Waals surface area contributed by atoms with E-state index >= 15 is 0 Å². The summed E-state index contributed by atoms with van der Waals surface area (Å²) < 4.78 is 4.43. The number of hydrogen-bond donors (Lipinski definition) is 2. The van der Waals surface area contributed by atoms with Crippen LogP contribution in [-0.2, 0) is 14.3 Å². The molecule has 0 heterocycles. The summed E-state index contributed by atoms with van der Waals surface area (Å²) in [7, 11) is 0. The van der Waals surface area contributed by atoms with Crippen molar-refractivity contribution in [2.45, 2.75) is 32.5 Å². The van der Waals surface area contributed by atoms with Gasteiger partial charge in [-0.25, -0.2) is 9.59 Å². The number of carboxylic acid groups (broad SMARTS) is 1. The molecule has 0 aliphatic carbocycles. The second kappa shape index (κ2) is 4.71. The predicted molar refractivity (Wildman–Crippen MR) is 39.5 cm³/mol. The van der Waals surface area contributed by atoms with Crippen molar-refractivity contribution in [3.05, 3.63) is 0 Å². The van der Waals surface area contributed by atoms with Gasteiger partial charge in [-0.15, -0.1) is 0 Å². The average molecular weight is 176 g/mol. The molecule has 0 aromatic heterocycles. The molecule has 2 atom stereocenters. The molecule has 0 fully saturated rings. The maximum atomic E-state index is 10.7. The molecule has 0 amide bonds. The van der Waals surface area contributed by atoms with Gasteiger partial charge in [0, 0.05) is 0 Å². The van der Waals surface area contributed by atoms with Crippen LogP contribution >= 0.6 is 0 Å². The van der Waals surface area contributed by atoms with Crippen LogP contribution in [0.5, 0.6) is 0 Å². The number of carboxylic acids is 1. The summed E-state index contributed by atoms with van der Waals surface area (Å²) in [6.07, 6.45) is -2.25. The number of aliphatic hydroxyl groups is 1. The van der Waals surface area contributed by atoms with Crippen LogP contribution in [0.15, 0.2) is 0 Å². The van der Waals surface area contributed by atoms with Crippen LogP contribution < -0.4 is 0 Å². The van der Waals surface area contributed by atoms with E-state index < -0.39 is 24.1 Å². The van der Waals surface area contributed by atoms with Crippen molar-refractivity contribution in [3.8, 4) is 0 Å². The second-order valence-electron chi connectivity index (χ2n) is 2.35. The molecule has 0 spiro atoms. The van der Waals surface area contributed by atoms with Crippen LogP contribution in [0.4, 0.5) is 0 Å². The SMILES string of the molecule is CCC(OC(=O)C(C)O)C(=O)O. The number of carbonyl (C=O) groups excluding carboxylic acids is 1. The third-order valence-electron chi connectivity index (χ3n) is 1.25. The molecule has 2 unspecified atom stereocenters. The molecule has 0 saturated carbocycles. The van der Waals surface area contributed by atoms with E-state index in [0.717, 1.165) is 0 Å². The summed E-state index contributed by atoms with van der Waals surface area (Å²) in [6.45, 7) is 2.80. The maximum Gasteiger partial charge on any atom is 0.345 e. The van der Waals surface area contributed by atoms with Crippen LogP contribution in [0.1, 0.15) is 20.3 Å². The first-order chi connectivity index (χ1) is 5.49. The van der Waals surface area contributed by atoms with Gasteiger partial charge in [0.1, 0.15) is 6.10 Å². The zero-order valence-corrected chi connectivity index (χ0v) is 6.98. The molecular formula is C7H12O5. The van der Waals surface area contributed by atoms with Crippen molar-refractivity contribution in [3.63, 3.8) is 0 Å². The lowest BCUT2D eigenvalue weighted by atomic mass is 10.3. The highest BCUT2D eigenvalue weighted by Gasteiger charge is 2.22. The molecule has 12 heavy (non-hydrogen) atoms. The molecule has 0 aromatic rings. The Bertz CT molecular complexity index is 175. The van der Waals surface area contributed by atoms with E-state index in [1.165, 1.54) is 6.92 Å². The fraction of sp³-hybridized carbons (Fsp3) is 0.714. The van der Waals surface area contributed by atoms with E-state index in [4.69, 9.17) is 10.2 Å². The molecule has 5 nitrogen and oxygen atoms in total. The number of aliphatic hydroxyl groups excluding tert-OH is 1. The zero-order valence-electron chi connectivity index (χ0n) is 6.98. The zero-order chi connectivity index (χ0) is 9.72. The molecule has 2 N–H and O–H groups in total. The summed E-state index contributed by atoms with van der Waals surface area (Å²) in [4.78, 5) is 21.0. The highest BCUT2D eigenvalue weighted by Crippen LogP contribution is 2.00. The van der Waals surface area contributed by atoms with Crippen molar-refractivity contribution < 1.29 is 24.5 Å². The molecule has 0 aromatic carbocycles. The minimum Gasteiger partial charge on any atom is -0.479 e. The first-order valence-corrected chi connectivity index (χ1v) is 3.60. The van der Waals surface area contributed by atoms with Gasteiger partial charge < -0.3 is 14.9 Å². The molecule has 0 rings (SSSR count). The van der Waals surface area contributed by atoms with E-state index in [1.54, 1.807) is 6.92 Å². The van der Waals surface area contributed by atoms with Gasteiger partial charge in [-0.05, 0) is 13.3 Å². The van der Waals surface area contributed by atoms with Gasteiger partial charge in [0.2, 0.25) is 0 Å². The number of carbonyl (C=O) groups is 2. The Kier molecular flexibility index (Phi) is 4.28.